The van der Waals surface area contributed by atoms with Crippen LogP contribution in [0.5, 0.6) is 0 Å². The summed E-state index contributed by atoms with van der Waals surface area (Å²) in [6, 6.07) is 0.0347. The van der Waals surface area contributed by atoms with Crippen LogP contribution in [0.15, 0.2) is 4.52 Å². The smallest absolute Gasteiger partial charge is 0.191 e. The minimum absolute atomic E-state index is 0.0347. The molecule has 2 heterocycles. The summed E-state index contributed by atoms with van der Waals surface area (Å²) < 4.78 is 5.08. The maximum absolute atomic E-state index is 5.08. The second-order valence-corrected chi connectivity index (χ2v) is 3.68. The summed E-state index contributed by atoms with van der Waals surface area (Å²) in [7, 11) is 0. The fraction of sp³-hybridized carbons (Fsp3) is 0.556. The topological polar surface area (TPSA) is 92.5 Å². The molecule has 0 aliphatic heterocycles. The molecular weight excluding hydrogens is 208 g/mol. The van der Waals surface area contributed by atoms with Gasteiger partial charge in [-0.2, -0.15) is 5.21 Å². The SMILES string of the molecule is Cc1noc(C)c1CNC(C)c1nn[nH]n1. The fourth-order valence-corrected chi connectivity index (χ4v) is 1.45. The molecule has 2 aromatic rings. The van der Waals surface area contributed by atoms with Gasteiger partial charge in [-0.25, -0.2) is 0 Å². The average molecular weight is 222 g/mol. The van der Waals surface area contributed by atoms with E-state index in [0.29, 0.717) is 12.4 Å². The van der Waals surface area contributed by atoms with Crippen LogP contribution in [-0.2, 0) is 6.54 Å². The zero-order valence-corrected chi connectivity index (χ0v) is 9.48. The van der Waals surface area contributed by atoms with Gasteiger partial charge in [0, 0.05) is 12.1 Å². The van der Waals surface area contributed by atoms with Crippen LogP contribution in [0.3, 0.4) is 0 Å². The van der Waals surface area contributed by atoms with Gasteiger partial charge < -0.3 is 9.84 Å². The number of hydrogen-bond donors (Lipinski definition) is 2. The summed E-state index contributed by atoms with van der Waals surface area (Å²) in [6.45, 7) is 6.47. The highest BCUT2D eigenvalue weighted by atomic mass is 16.5. The van der Waals surface area contributed by atoms with Crippen molar-refractivity contribution in [2.45, 2.75) is 33.4 Å². The number of aromatic nitrogens is 5. The van der Waals surface area contributed by atoms with Gasteiger partial charge in [-0.1, -0.05) is 10.4 Å². The summed E-state index contributed by atoms with van der Waals surface area (Å²) in [6.07, 6.45) is 0. The third-order valence-corrected chi connectivity index (χ3v) is 2.52. The monoisotopic (exact) mass is 222 g/mol. The molecule has 0 saturated heterocycles. The molecule has 0 bridgehead atoms. The maximum atomic E-state index is 5.08. The zero-order chi connectivity index (χ0) is 11.5. The number of tetrazole rings is 1. The lowest BCUT2D eigenvalue weighted by Crippen LogP contribution is -2.19. The predicted octanol–water partition coefficient (Wildman–Crippen LogP) is 0.655. The molecule has 1 unspecified atom stereocenters. The predicted molar refractivity (Wildman–Crippen MR) is 55.4 cm³/mol. The van der Waals surface area contributed by atoms with Gasteiger partial charge >= 0.3 is 0 Å². The zero-order valence-electron chi connectivity index (χ0n) is 9.48. The molecule has 0 amide bonds. The Kier molecular flexibility index (Phi) is 2.95. The van der Waals surface area contributed by atoms with Crippen molar-refractivity contribution in [2.24, 2.45) is 0 Å². The molecule has 86 valence electrons. The first-order valence-corrected chi connectivity index (χ1v) is 5.07. The normalized spacial score (nSPS) is 12.9. The Morgan fingerprint density at radius 2 is 2.25 bits per heavy atom. The van der Waals surface area contributed by atoms with E-state index < -0.39 is 0 Å². The molecule has 0 saturated carbocycles. The van der Waals surface area contributed by atoms with E-state index in [9.17, 15) is 0 Å². The Labute approximate surface area is 92.6 Å². The van der Waals surface area contributed by atoms with Gasteiger partial charge in [0.1, 0.15) is 5.76 Å². The Balaban J connectivity index is 1.98. The van der Waals surface area contributed by atoms with Gasteiger partial charge in [-0.15, -0.1) is 10.2 Å². The van der Waals surface area contributed by atoms with Gasteiger partial charge in [0.25, 0.3) is 0 Å². The van der Waals surface area contributed by atoms with Crippen molar-refractivity contribution in [1.82, 2.24) is 31.1 Å². The number of rotatable bonds is 4. The first-order chi connectivity index (χ1) is 7.68. The Morgan fingerprint density at radius 3 is 2.81 bits per heavy atom. The largest absolute Gasteiger partial charge is 0.361 e. The van der Waals surface area contributed by atoms with Crippen LogP contribution in [0, 0.1) is 13.8 Å². The number of nitrogens with zero attached hydrogens (tertiary/aromatic N) is 4. The van der Waals surface area contributed by atoms with E-state index in [2.05, 4.69) is 31.1 Å². The summed E-state index contributed by atoms with van der Waals surface area (Å²) in [5.74, 6) is 1.48. The minimum atomic E-state index is 0.0347. The highest BCUT2D eigenvalue weighted by molar-refractivity contribution is 5.20. The molecule has 2 N–H and O–H groups in total. The van der Waals surface area contributed by atoms with Gasteiger partial charge in [0.15, 0.2) is 5.82 Å². The number of aromatic amines is 1. The lowest BCUT2D eigenvalue weighted by molar-refractivity contribution is 0.391. The van der Waals surface area contributed by atoms with Crippen LogP contribution >= 0.6 is 0 Å². The van der Waals surface area contributed by atoms with Crippen LogP contribution in [0.1, 0.15) is 35.8 Å². The van der Waals surface area contributed by atoms with E-state index in [1.54, 1.807) is 0 Å². The van der Waals surface area contributed by atoms with E-state index in [4.69, 9.17) is 4.52 Å². The van der Waals surface area contributed by atoms with E-state index in [0.717, 1.165) is 17.0 Å². The second-order valence-electron chi connectivity index (χ2n) is 3.68. The molecule has 7 heteroatoms. The van der Waals surface area contributed by atoms with E-state index >= 15 is 0 Å². The van der Waals surface area contributed by atoms with Crippen LogP contribution in [0.2, 0.25) is 0 Å². The lowest BCUT2D eigenvalue weighted by atomic mass is 10.2. The average Bonchev–Trinajstić information content (AvgIpc) is 2.87. The fourth-order valence-electron chi connectivity index (χ4n) is 1.45. The third kappa shape index (κ3) is 2.08. The molecule has 1 atom stereocenters. The number of hydrogen-bond acceptors (Lipinski definition) is 6. The summed E-state index contributed by atoms with van der Waals surface area (Å²) in [5, 5.41) is 20.9. The first kappa shape index (κ1) is 10.7. The standard InChI is InChI=1S/C9H14N6O/c1-5-8(7(3)16-13-5)4-10-6(2)9-11-14-15-12-9/h6,10H,4H2,1-3H3,(H,11,12,14,15). The molecule has 0 radical (unpaired) electrons. The van der Waals surface area contributed by atoms with Gasteiger partial charge in [0.05, 0.1) is 11.7 Å². The van der Waals surface area contributed by atoms with Crippen molar-refractivity contribution < 1.29 is 4.52 Å². The van der Waals surface area contributed by atoms with E-state index in [-0.39, 0.29) is 6.04 Å². The minimum Gasteiger partial charge on any atom is -0.361 e. The number of nitrogens with one attached hydrogen (secondary N) is 2. The molecule has 16 heavy (non-hydrogen) atoms. The van der Waals surface area contributed by atoms with Crippen molar-refractivity contribution >= 4 is 0 Å². The molecule has 0 aliphatic carbocycles. The summed E-state index contributed by atoms with van der Waals surface area (Å²) >= 11 is 0. The Hall–Kier alpha value is -1.76. The number of aryl methyl sites for hydroxylation is 2. The first-order valence-electron chi connectivity index (χ1n) is 5.07. The lowest BCUT2D eigenvalue weighted by Gasteiger charge is -2.08. The van der Waals surface area contributed by atoms with Gasteiger partial charge in [-0.3, -0.25) is 0 Å². The molecule has 0 spiro atoms. The molecule has 2 rings (SSSR count). The van der Waals surface area contributed by atoms with Crippen molar-refractivity contribution in [3.63, 3.8) is 0 Å². The molecule has 7 nitrogen and oxygen atoms in total. The van der Waals surface area contributed by atoms with Crippen molar-refractivity contribution in [1.29, 1.82) is 0 Å². The van der Waals surface area contributed by atoms with Crippen LogP contribution in [0.4, 0.5) is 0 Å². The van der Waals surface area contributed by atoms with Crippen molar-refractivity contribution in [2.75, 3.05) is 0 Å². The summed E-state index contributed by atoms with van der Waals surface area (Å²) in [5.41, 5.74) is 1.99. The quantitative estimate of drug-likeness (QED) is 0.789. The maximum Gasteiger partial charge on any atom is 0.191 e. The molecule has 0 aromatic carbocycles. The molecule has 2 aromatic heterocycles. The van der Waals surface area contributed by atoms with E-state index in [1.807, 2.05) is 20.8 Å². The molecule has 0 fully saturated rings. The Morgan fingerprint density at radius 1 is 1.44 bits per heavy atom. The van der Waals surface area contributed by atoms with Crippen LogP contribution < -0.4 is 5.32 Å². The van der Waals surface area contributed by atoms with Crippen LogP contribution in [-0.4, -0.2) is 25.8 Å². The highest BCUT2D eigenvalue weighted by Gasteiger charge is 2.13. The van der Waals surface area contributed by atoms with Crippen molar-refractivity contribution in [3.8, 4) is 0 Å². The van der Waals surface area contributed by atoms with Crippen LogP contribution in [0.25, 0.3) is 0 Å². The summed E-state index contributed by atoms with van der Waals surface area (Å²) in [4.78, 5) is 0. The Bertz CT molecular complexity index is 429. The third-order valence-electron chi connectivity index (χ3n) is 2.52. The highest BCUT2D eigenvalue weighted by Crippen LogP contribution is 2.13. The van der Waals surface area contributed by atoms with Gasteiger partial charge in [-0.05, 0) is 20.8 Å². The van der Waals surface area contributed by atoms with E-state index in [1.165, 1.54) is 0 Å². The van der Waals surface area contributed by atoms with Crippen molar-refractivity contribution in [3.05, 3.63) is 22.8 Å². The van der Waals surface area contributed by atoms with Gasteiger partial charge in [0.2, 0.25) is 0 Å². The second kappa shape index (κ2) is 4.40. The number of H-pyrrole nitrogens is 1. The molecule has 0 aliphatic rings. The molecular formula is C9H14N6O.